The number of nitrogens with zero attached hydrogens (tertiary/aromatic N) is 1. The molecule has 0 aliphatic heterocycles. The molecule has 118 valence electrons. The maximum atomic E-state index is 13.3. The van der Waals surface area contributed by atoms with Gasteiger partial charge in [0, 0.05) is 0 Å². The highest BCUT2D eigenvalue weighted by Gasteiger charge is 2.41. The van der Waals surface area contributed by atoms with E-state index in [-0.39, 0.29) is 17.8 Å². The molecule has 0 fully saturated rings. The Morgan fingerprint density at radius 2 is 1.50 bits per heavy atom. The highest BCUT2D eigenvalue weighted by atomic mass is 19.1. The Hall–Kier alpha value is -1.71. The lowest BCUT2D eigenvalue weighted by molar-refractivity contribution is 0.132. The molecule has 0 aliphatic rings. The van der Waals surface area contributed by atoms with Gasteiger partial charge in [-0.1, -0.05) is 56.3 Å². The Morgan fingerprint density at radius 1 is 0.955 bits per heavy atom. The fourth-order valence-corrected chi connectivity index (χ4v) is 3.18. The van der Waals surface area contributed by atoms with Crippen LogP contribution in [0.4, 0.5) is 4.39 Å². The zero-order valence-electron chi connectivity index (χ0n) is 13.8. The molecule has 0 radical (unpaired) electrons. The minimum Gasteiger partial charge on any atom is -0.320 e. The minimum absolute atomic E-state index is 0.000777. The number of likely N-dealkylation sites (N-methyl/N-ethyl adjacent to an activating group) is 1. The third-order valence-corrected chi connectivity index (χ3v) is 4.38. The third kappa shape index (κ3) is 3.06. The van der Waals surface area contributed by atoms with Crippen LogP contribution in [0.2, 0.25) is 0 Å². The normalized spacial score (nSPS) is 15.8. The number of halogens is 1. The van der Waals surface area contributed by atoms with Gasteiger partial charge in [0.15, 0.2) is 0 Å². The summed E-state index contributed by atoms with van der Waals surface area (Å²) in [5.41, 5.74) is 8.42. The van der Waals surface area contributed by atoms with E-state index >= 15 is 0 Å². The largest absolute Gasteiger partial charge is 0.320 e. The van der Waals surface area contributed by atoms with Crippen LogP contribution in [0.3, 0.4) is 0 Å². The van der Waals surface area contributed by atoms with Crippen LogP contribution >= 0.6 is 0 Å². The van der Waals surface area contributed by atoms with Crippen LogP contribution in [0.1, 0.15) is 31.0 Å². The summed E-state index contributed by atoms with van der Waals surface area (Å²) in [5, 5.41) is 0. The lowest BCUT2D eigenvalue weighted by atomic mass is 9.72. The second kappa shape index (κ2) is 6.59. The summed E-state index contributed by atoms with van der Waals surface area (Å²) in [6.07, 6.45) is 0. The molecule has 3 heteroatoms. The molecule has 2 nitrogen and oxygen atoms in total. The van der Waals surface area contributed by atoms with Crippen LogP contribution < -0.4 is 5.73 Å². The van der Waals surface area contributed by atoms with E-state index in [2.05, 4.69) is 30.9 Å². The van der Waals surface area contributed by atoms with E-state index in [9.17, 15) is 4.39 Å². The predicted octanol–water partition coefficient (Wildman–Crippen LogP) is 3.94. The summed E-state index contributed by atoms with van der Waals surface area (Å²) >= 11 is 0. The van der Waals surface area contributed by atoms with Crippen molar-refractivity contribution in [3.8, 4) is 0 Å². The average Bonchev–Trinajstić information content (AvgIpc) is 2.48. The summed E-state index contributed by atoms with van der Waals surface area (Å²) in [4.78, 5) is 2.14. The molecule has 2 atom stereocenters. The lowest BCUT2D eigenvalue weighted by Gasteiger charge is -2.45. The van der Waals surface area contributed by atoms with Gasteiger partial charge in [0.2, 0.25) is 0 Å². The van der Waals surface area contributed by atoms with Crippen molar-refractivity contribution in [1.82, 2.24) is 4.90 Å². The number of hydrogen-bond acceptors (Lipinski definition) is 2. The quantitative estimate of drug-likeness (QED) is 0.906. The van der Waals surface area contributed by atoms with E-state index in [1.807, 2.05) is 32.3 Å². The van der Waals surface area contributed by atoms with E-state index in [0.717, 1.165) is 11.1 Å². The summed E-state index contributed by atoms with van der Waals surface area (Å²) in [5.74, 6) is -0.0541. The molecule has 0 spiro atoms. The van der Waals surface area contributed by atoms with Crippen molar-refractivity contribution in [2.45, 2.75) is 25.4 Å². The Kier molecular flexibility index (Phi) is 4.99. The molecule has 0 amide bonds. The van der Waals surface area contributed by atoms with Gasteiger partial charge in [0.05, 0.1) is 11.6 Å². The van der Waals surface area contributed by atoms with Crippen LogP contribution in [0.25, 0.3) is 0 Å². The molecule has 0 aliphatic carbocycles. The van der Waals surface area contributed by atoms with Crippen molar-refractivity contribution in [2.75, 3.05) is 14.1 Å². The van der Waals surface area contributed by atoms with E-state index in [0.29, 0.717) is 0 Å². The van der Waals surface area contributed by atoms with Gasteiger partial charge in [-0.3, -0.25) is 0 Å². The summed E-state index contributed by atoms with van der Waals surface area (Å²) in [7, 11) is 4.07. The minimum atomic E-state index is -0.613. The Morgan fingerprint density at radius 3 is 1.95 bits per heavy atom. The highest BCUT2D eigenvalue weighted by Crippen LogP contribution is 2.41. The summed E-state index contributed by atoms with van der Waals surface area (Å²) < 4.78 is 13.3. The molecule has 0 aromatic heterocycles. The fraction of sp³-hybridized carbons (Fsp3) is 0.368. The number of rotatable bonds is 5. The standard InChI is InChI=1S/C19H25FN2/c1-14(2)19(21,16-10-12-17(20)13-11-16)18(22(3)4)15-8-6-5-7-9-15/h5-14,18H,21H2,1-4H3. The monoisotopic (exact) mass is 300 g/mol. The molecule has 2 N–H and O–H groups in total. The molecule has 0 saturated carbocycles. The predicted molar refractivity (Wildman–Crippen MR) is 90.0 cm³/mol. The third-order valence-electron chi connectivity index (χ3n) is 4.38. The molecular weight excluding hydrogens is 275 g/mol. The van der Waals surface area contributed by atoms with E-state index in [4.69, 9.17) is 5.73 Å². The van der Waals surface area contributed by atoms with E-state index in [1.54, 1.807) is 12.1 Å². The zero-order valence-corrected chi connectivity index (χ0v) is 13.8. The van der Waals surface area contributed by atoms with Gasteiger partial charge in [-0.15, -0.1) is 0 Å². The van der Waals surface area contributed by atoms with Crippen LogP contribution in [-0.2, 0) is 5.54 Å². The first kappa shape index (κ1) is 16.7. The SMILES string of the molecule is CC(C)C(N)(c1ccc(F)cc1)C(c1ccccc1)N(C)C. The van der Waals surface area contributed by atoms with E-state index in [1.165, 1.54) is 12.1 Å². The number of benzene rings is 2. The molecule has 0 saturated heterocycles. The molecule has 22 heavy (non-hydrogen) atoms. The first-order valence-corrected chi connectivity index (χ1v) is 7.63. The van der Waals surface area contributed by atoms with Crippen molar-refractivity contribution in [3.05, 3.63) is 71.5 Å². The van der Waals surface area contributed by atoms with Crippen LogP contribution in [-0.4, -0.2) is 19.0 Å². The van der Waals surface area contributed by atoms with Gasteiger partial charge in [0.1, 0.15) is 5.82 Å². The van der Waals surface area contributed by atoms with Gasteiger partial charge in [-0.05, 0) is 43.3 Å². The molecule has 2 aromatic carbocycles. The van der Waals surface area contributed by atoms with Crippen LogP contribution in [0, 0.1) is 11.7 Å². The van der Waals surface area contributed by atoms with Gasteiger partial charge >= 0.3 is 0 Å². The fourth-order valence-electron chi connectivity index (χ4n) is 3.18. The van der Waals surface area contributed by atoms with Gasteiger partial charge in [-0.25, -0.2) is 4.39 Å². The summed E-state index contributed by atoms with van der Waals surface area (Å²) in [6, 6.07) is 16.8. The Bertz CT molecular complexity index is 593. The van der Waals surface area contributed by atoms with Crippen molar-refractivity contribution >= 4 is 0 Å². The topological polar surface area (TPSA) is 29.3 Å². The highest BCUT2D eigenvalue weighted by molar-refractivity contribution is 5.33. The summed E-state index contributed by atoms with van der Waals surface area (Å²) in [6.45, 7) is 4.23. The smallest absolute Gasteiger partial charge is 0.123 e. The molecule has 2 rings (SSSR count). The Balaban J connectivity index is 2.59. The van der Waals surface area contributed by atoms with Crippen molar-refractivity contribution in [2.24, 2.45) is 11.7 Å². The Labute approximate surface area is 132 Å². The van der Waals surface area contributed by atoms with Gasteiger partial charge in [-0.2, -0.15) is 0 Å². The number of hydrogen-bond donors (Lipinski definition) is 1. The second-order valence-corrected chi connectivity index (χ2v) is 6.37. The van der Waals surface area contributed by atoms with Crippen LogP contribution in [0.15, 0.2) is 54.6 Å². The van der Waals surface area contributed by atoms with Gasteiger partial charge in [0.25, 0.3) is 0 Å². The van der Waals surface area contributed by atoms with E-state index < -0.39 is 5.54 Å². The van der Waals surface area contributed by atoms with Gasteiger partial charge < -0.3 is 10.6 Å². The molecule has 2 unspecified atom stereocenters. The van der Waals surface area contributed by atoms with Crippen LogP contribution in [0.5, 0.6) is 0 Å². The molecule has 0 heterocycles. The lowest BCUT2D eigenvalue weighted by Crippen LogP contribution is -2.52. The molecule has 2 aromatic rings. The first-order valence-electron chi connectivity index (χ1n) is 7.63. The van der Waals surface area contributed by atoms with Crippen molar-refractivity contribution in [1.29, 1.82) is 0 Å². The molecular formula is C19H25FN2. The second-order valence-electron chi connectivity index (χ2n) is 6.37. The first-order chi connectivity index (χ1) is 10.4. The molecule has 0 bridgehead atoms. The maximum Gasteiger partial charge on any atom is 0.123 e. The van der Waals surface area contributed by atoms with Crippen molar-refractivity contribution < 1.29 is 4.39 Å². The van der Waals surface area contributed by atoms with Crippen molar-refractivity contribution in [3.63, 3.8) is 0 Å². The average molecular weight is 300 g/mol. The maximum absolute atomic E-state index is 13.3. The zero-order chi connectivity index (χ0) is 16.3. The number of nitrogens with two attached hydrogens (primary N) is 1.